The van der Waals surface area contributed by atoms with Crippen LogP contribution in [0.25, 0.3) is 4.85 Å². The maximum Gasteiger partial charge on any atom is 0.187 e. The van der Waals surface area contributed by atoms with E-state index >= 15 is 0 Å². The first-order valence-electron chi connectivity index (χ1n) is 9.50. The van der Waals surface area contributed by atoms with E-state index < -0.39 is 6.10 Å². The molecule has 0 spiro atoms. The Bertz CT molecular complexity index is 1020. The molecule has 3 aromatic rings. The first-order chi connectivity index (χ1) is 14.0. The molecule has 2 atom stereocenters. The lowest BCUT2D eigenvalue weighted by Gasteiger charge is -2.16. The number of aliphatic hydroxyl groups excluding tert-OH is 1. The number of hydrogen-bond donors (Lipinski definition) is 1. The van der Waals surface area contributed by atoms with Crippen molar-refractivity contribution in [2.75, 3.05) is 0 Å². The van der Waals surface area contributed by atoms with Gasteiger partial charge in [-0.3, -0.25) is 4.79 Å². The van der Waals surface area contributed by atoms with Gasteiger partial charge in [0.2, 0.25) is 0 Å². The van der Waals surface area contributed by atoms with E-state index in [1.54, 1.807) is 31.2 Å². The quantitative estimate of drug-likeness (QED) is 0.410. The van der Waals surface area contributed by atoms with Crippen LogP contribution < -0.4 is 4.74 Å². The normalized spacial score (nSPS) is 12.6. The second-order valence-corrected chi connectivity index (χ2v) is 7.01. The topological polar surface area (TPSA) is 50.9 Å². The molecule has 0 aliphatic rings. The fraction of sp³-hybridized carbons (Fsp3) is 0.200. The molecule has 0 fully saturated rings. The zero-order chi connectivity index (χ0) is 20.8. The highest BCUT2D eigenvalue weighted by Crippen LogP contribution is 2.24. The van der Waals surface area contributed by atoms with Gasteiger partial charge >= 0.3 is 0 Å². The van der Waals surface area contributed by atoms with Crippen molar-refractivity contribution in [3.63, 3.8) is 0 Å². The molecule has 0 aliphatic heterocycles. The number of ketones is 1. The number of carbonyl (C=O) groups excluding carboxylic acids is 1. The zero-order valence-corrected chi connectivity index (χ0v) is 16.5. The molecule has 0 saturated heterocycles. The van der Waals surface area contributed by atoms with Crippen LogP contribution in [-0.4, -0.2) is 10.9 Å². The molecule has 3 aromatic carbocycles. The third-order valence-electron chi connectivity index (χ3n) is 4.79. The van der Waals surface area contributed by atoms with Crippen molar-refractivity contribution in [3.8, 4) is 5.75 Å². The monoisotopic (exact) mass is 385 g/mol. The van der Waals surface area contributed by atoms with Gasteiger partial charge in [0.05, 0.1) is 12.7 Å². The van der Waals surface area contributed by atoms with Crippen molar-refractivity contribution in [2.45, 2.75) is 32.5 Å². The Morgan fingerprint density at radius 1 is 1.00 bits per heavy atom. The number of ether oxygens (including phenoxy) is 1. The average Bonchev–Trinajstić information content (AvgIpc) is 2.74. The van der Waals surface area contributed by atoms with Crippen molar-refractivity contribution in [3.05, 3.63) is 106 Å². The SMILES string of the molecule is [C-]#[N+]c1ccc(CC(=O)c2cccc(OC(C)c3ccc(C(C)O)cc3)c2)cc1. The number of Topliss-reactive ketones (excluding diaryl/α,β-unsaturated/α-hetero) is 1. The molecule has 1 N–H and O–H groups in total. The van der Waals surface area contributed by atoms with Gasteiger partial charge in [-0.2, -0.15) is 0 Å². The summed E-state index contributed by atoms with van der Waals surface area (Å²) in [5, 5.41) is 9.63. The minimum atomic E-state index is -0.500. The lowest BCUT2D eigenvalue weighted by molar-refractivity contribution is 0.0992. The van der Waals surface area contributed by atoms with Gasteiger partial charge in [-0.1, -0.05) is 60.7 Å². The Morgan fingerprint density at radius 3 is 2.28 bits per heavy atom. The van der Waals surface area contributed by atoms with Gasteiger partial charge in [-0.15, -0.1) is 0 Å². The maximum absolute atomic E-state index is 12.6. The van der Waals surface area contributed by atoms with E-state index in [1.807, 2.05) is 55.5 Å². The third kappa shape index (κ3) is 5.31. The summed E-state index contributed by atoms with van der Waals surface area (Å²) < 4.78 is 6.02. The molecule has 29 heavy (non-hydrogen) atoms. The molecular formula is C25H23NO3. The Kier molecular flexibility index (Phi) is 6.43. The van der Waals surface area contributed by atoms with E-state index in [2.05, 4.69) is 4.85 Å². The van der Waals surface area contributed by atoms with Gasteiger partial charge in [-0.25, -0.2) is 4.85 Å². The Balaban J connectivity index is 1.68. The summed E-state index contributed by atoms with van der Waals surface area (Å²) in [7, 11) is 0. The molecule has 2 unspecified atom stereocenters. The predicted molar refractivity (Wildman–Crippen MR) is 113 cm³/mol. The summed E-state index contributed by atoms with van der Waals surface area (Å²) in [4.78, 5) is 16.0. The Labute approximate surface area is 171 Å². The number of rotatable bonds is 7. The van der Waals surface area contributed by atoms with Gasteiger partial charge in [-0.05, 0) is 42.7 Å². The first kappa shape index (κ1) is 20.3. The van der Waals surface area contributed by atoms with Crippen molar-refractivity contribution in [1.82, 2.24) is 0 Å². The van der Waals surface area contributed by atoms with Crippen molar-refractivity contribution >= 4 is 11.5 Å². The van der Waals surface area contributed by atoms with Crippen LogP contribution in [0.1, 0.15) is 53.1 Å². The summed E-state index contributed by atoms with van der Waals surface area (Å²) in [6, 6.07) is 21.9. The van der Waals surface area contributed by atoms with Gasteiger partial charge in [0.1, 0.15) is 11.9 Å². The van der Waals surface area contributed by atoms with E-state index in [0.717, 1.165) is 16.7 Å². The van der Waals surface area contributed by atoms with Crippen LogP contribution in [0.4, 0.5) is 5.69 Å². The zero-order valence-electron chi connectivity index (χ0n) is 16.5. The molecule has 146 valence electrons. The summed E-state index contributed by atoms with van der Waals surface area (Å²) >= 11 is 0. The number of hydrogen-bond acceptors (Lipinski definition) is 3. The van der Waals surface area contributed by atoms with Crippen LogP contribution in [-0.2, 0) is 6.42 Å². The summed E-state index contributed by atoms with van der Waals surface area (Å²) in [6.45, 7) is 10.7. The van der Waals surface area contributed by atoms with E-state index in [-0.39, 0.29) is 18.3 Å². The summed E-state index contributed by atoms with van der Waals surface area (Å²) in [5.74, 6) is 0.631. The molecule has 0 bridgehead atoms. The van der Waals surface area contributed by atoms with Crippen LogP contribution in [0.2, 0.25) is 0 Å². The number of nitrogens with zero attached hydrogens (tertiary/aromatic N) is 1. The van der Waals surface area contributed by atoms with Gasteiger partial charge < -0.3 is 9.84 Å². The summed E-state index contributed by atoms with van der Waals surface area (Å²) in [6.07, 6.45) is -0.414. The Morgan fingerprint density at radius 2 is 1.66 bits per heavy atom. The highest BCUT2D eigenvalue weighted by Gasteiger charge is 2.12. The number of benzene rings is 3. The highest BCUT2D eigenvalue weighted by molar-refractivity contribution is 5.97. The number of aliphatic hydroxyl groups is 1. The lowest BCUT2D eigenvalue weighted by Crippen LogP contribution is -2.06. The molecule has 0 aromatic heterocycles. The first-order valence-corrected chi connectivity index (χ1v) is 9.50. The van der Waals surface area contributed by atoms with Crippen LogP contribution in [0.5, 0.6) is 5.75 Å². The number of carbonyl (C=O) groups is 1. The van der Waals surface area contributed by atoms with E-state index in [1.165, 1.54) is 0 Å². The standard InChI is InChI=1S/C25H23NO3/c1-17(27)20-9-11-21(12-10-20)18(2)29-24-6-4-5-22(16-24)25(28)15-19-7-13-23(26-3)14-8-19/h4-14,16-18,27H,15H2,1-2H3. The molecule has 0 saturated carbocycles. The molecular weight excluding hydrogens is 362 g/mol. The molecule has 4 nitrogen and oxygen atoms in total. The van der Waals surface area contributed by atoms with Crippen LogP contribution >= 0.6 is 0 Å². The lowest BCUT2D eigenvalue weighted by atomic mass is 10.0. The largest absolute Gasteiger partial charge is 0.486 e. The fourth-order valence-corrected chi connectivity index (χ4v) is 3.04. The molecule has 0 radical (unpaired) electrons. The van der Waals surface area contributed by atoms with Crippen molar-refractivity contribution in [1.29, 1.82) is 0 Å². The predicted octanol–water partition coefficient (Wildman–Crippen LogP) is 5.86. The van der Waals surface area contributed by atoms with E-state index in [0.29, 0.717) is 17.0 Å². The molecule has 0 aliphatic carbocycles. The van der Waals surface area contributed by atoms with Gasteiger partial charge in [0.15, 0.2) is 11.5 Å². The van der Waals surface area contributed by atoms with Crippen LogP contribution in [0.3, 0.4) is 0 Å². The smallest absolute Gasteiger partial charge is 0.187 e. The average molecular weight is 385 g/mol. The van der Waals surface area contributed by atoms with Crippen molar-refractivity contribution in [2.24, 2.45) is 0 Å². The molecule has 0 heterocycles. The van der Waals surface area contributed by atoms with Crippen molar-refractivity contribution < 1.29 is 14.6 Å². The van der Waals surface area contributed by atoms with Gasteiger partial charge in [0.25, 0.3) is 0 Å². The third-order valence-corrected chi connectivity index (χ3v) is 4.79. The fourth-order valence-electron chi connectivity index (χ4n) is 3.04. The molecule has 4 heteroatoms. The van der Waals surface area contributed by atoms with E-state index in [9.17, 15) is 9.90 Å². The molecule has 3 rings (SSSR count). The second-order valence-electron chi connectivity index (χ2n) is 7.01. The van der Waals surface area contributed by atoms with E-state index in [4.69, 9.17) is 11.3 Å². The second kappa shape index (κ2) is 9.18. The van der Waals surface area contributed by atoms with Crippen LogP contribution in [0, 0.1) is 6.57 Å². The van der Waals surface area contributed by atoms with Gasteiger partial charge in [0, 0.05) is 12.0 Å². The van der Waals surface area contributed by atoms with Crippen LogP contribution in [0.15, 0.2) is 72.8 Å². The minimum absolute atomic E-state index is 0.0000448. The maximum atomic E-state index is 12.6. The summed E-state index contributed by atoms with van der Waals surface area (Å²) in [5.41, 5.74) is 3.88. The molecule has 0 amide bonds. The Hall–Kier alpha value is -3.42. The minimum Gasteiger partial charge on any atom is -0.486 e. The highest BCUT2D eigenvalue weighted by atomic mass is 16.5.